The maximum Gasteiger partial charge on any atom is 0.272 e. The summed E-state index contributed by atoms with van der Waals surface area (Å²) in [4.78, 5) is 25.4. The lowest BCUT2D eigenvalue weighted by Gasteiger charge is -2.19. The van der Waals surface area contributed by atoms with E-state index in [0.717, 1.165) is 5.56 Å². The molecule has 1 aromatic heterocycles. The van der Waals surface area contributed by atoms with E-state index in [4.69, 9.17) is 14.6 Å². The molecule has 0 bridgehead atoms. The van der Waals surface area contributed by atoms with Crippen LogP contribution in [0.5, 0.6) is 11.5 Å². The van der Waals surface area contributed by atoms with Gasteiger partial charge < -0.3 is 25.2 Å². The molecule has 3 N–H and O–H groups in total. The largest absolute Gasteiger partial charge is 0.496 e. The number of aliphatic hydroxyl groups excluding tert-OH is 1. The van der Waals surface area contributed by atoms with Crippen molar-refractivity contribution in [3.63, 3.8) is 0 Å². The van der Waals surface area contributed by atoms with Crippen LogP contribution >= 0.6 is 0 Å². The average Bonchev–Trinajstić information content (AvgIpc) is 3.19. The van der Waals surface area contributed by atoms with Crippen LogP contribution in [0.4, 0.5) is 0 Å². The monoisotopic (exact) mass is 474 g/mol. The normalized spacial score (nSPS) is 12.0. The van der Waals surface area contributed by atoms with E-state index in [1.54, 1.807) is 25.0 Å². The first-order valence-electron chi connectivity index (χ1n) is 11.7. The molecule has 1 heterocycles. The molecule has 9 nitrogen and oxygen atoms in total. The van der Waals surface area contributed by atoms with Gasteiger partial charge in [-0.15, -0.1) is 0 Å². The summed E-state index contributed by atoms with van der Waals surface area (Å²) in [7, 11) is 3.18. The zero-order valence-corrected chi connectivity index (χ0v) is 21.1. The zero-order valence-electron chi connectivity index (χ0n) is 21.1. The second kappa shape index (κ2) is 13.0. The first-order valence-corrected chi connectivity index (χ1v) is 11.7. The summed E-state index contributed by atoms with van der Waals surface area (Å²) in [6, 6.07) is 6.90. The van der Waals surface area contributed by atoms with Gasteiger partial charge in [0.2, 0.25) is 5.91 Å². The SMILES string of the molecule is COc1cccc(OC)c1-c1cc(C(=O)NC(CC(=O)NCCO)CC(C)C)nn1CC(C)C. The highest BCUT2D eigenvalue weighted by Gasteiger charge is 2.24. The van der Waals surface area contributed by atoms with E-state index in [1.165, 1.54) is 0 Å². The summed E-state index contributed by atoms with van der Waals surface area (Å²) in [6.07, 6.45) is 0.766. The average molecular weight is 475 g/mol. The van der Waals surface area contributed by atoms with Gasteiger partial charge in [0, 0.05) is 25.6 Å². The number of nitrogens with one attached hydrogen (secondary N) is 2. The van der Waals surface area contributed by atoms with Gasteiger partial charge in [-0.25, -0.2) is 0 Å². The standard InChI is InChI=1S/C25H38N4O5/c1-16(2)12-18(13-23(31)26-10-11-30)27-25(32)19-14-20(29(28-19)15-17(3)4)24-21(33-5)8-7-9-22(24)34-6/h7-9,14,16-18,30H,10-13,15H2,1-6H3,(H,26,31)(H,27,32). The first kappa shape index (κ1) is 27.2. The predicted octanol–water partition coefficient (Wildman–Crippen LogP) is 2.87. The summed E-state index contributed by atoms with van der Waals surface area (Å²) in [5, 5.41) is 19.2. The van der Waals surface area contributed by atoms with Crippen molar-refractivity contribution in [2.75, 3.05) is 27.4 Å². The number of carbonyl (C=O) groups excluding carboxylic acids is 2. The van der Waals surface area contributed by atoms with Gasteiger partial charge in [0.1, 0.15) is 11.5 Å². The lowest BCUT2D eigenvalue weighted by atomic mass is 10.0. The Kier molecular flexibility index (Phi) is 10.4. The fourth-order valence-corrected chi connectivity index (χ4v) is 3.83. The summed E-state index contributed by atoms with van der Waals surface area (Å²) >= 11 is 0. The molecule has 0 saturated heterocycles. The van der Waals surface area contributed by atoms with E-state index in [2.05, 4.69) is 29.6 Å². The Hall–Kier alpha value is -3.07. The molecule has 0 spiro atoms. The number of benzene rings is 1. The fraction of sp³-hybridized carbons (Fsp3) is 0.560. The van der Waals surface area contributed by atoms with Crippen LogP contribution in [0.25, 0.3) is 11.3 Å². The topological polar surface area (TPSA) is 115 Å². The minimum absolute atomic E-state index is 0.129. The summed E-state index contributed by atoms with van der Waals surface area (Å²) in [5.74, 6) is 1.24. The lowest BCUT2D eigenvalue weighted by molar-refractivity contribution is -0.121. The van der Waals surface area contributed by atoms with Crippen molar-refractivity contribution < 1.29 is 24.2 Å². The van der Waals surface area contributed by atoms with Gasteiger partial charge in [-0.05, 0) is 36.5 Å². The molecule has 0 aliphatic heterocycles. The third-order valence-electron chi connectivity index (χ3n) is 5.19. The van der Waals surface area contributed by atoms with Crippen LogP contribution in [0.2, 0.25) is 0 Å². The van der Waals surface area contributed by atoms with Crippen LogP contribution < -0.4 is 20.1 Å². The maximum absolute atomic E-state index is 13.2. The summed E-state index contributed by atoms with van der Waals surface area (Å²) in [6.45, 7) is 8.88. The Labute approximate surface area is 201 Å². The molecule has 0 radical (unpaired) electrons. The van der Waals surface area contributed by atoms with E-state index in [9.17, 15) is 9.59 Å². The highest BCUT2D eigenvalue weighted by atomic mass is 16.5. The molecule has 9 heteroatoms. The molecule has 1 aromatic carbocycles. The highest BCUT2D eigenvalue weighted by Crippen LogP contribution is 2.38. The van der Waals surface area contributed by atoms with Crippen LogP contribution in [-0.2, 0) is 11.3 Å². The summed E-state index contributed by atoms with van der Waals surface area (Å²) in [5.41, 5.74) is 1.70. The number of methoxy groups -OCH3 is 2. The molecule has 0 aliphatic carbocycles. The second-order valence-electron chi connectivity index (χ2n) is 9.11. The predicted molar refractivity (Wildman–Crippen MR) is 131 cm³/mol. The van der Waals surface area contributed by atoms with E-state index < -0.39 is 0 Å². The molecule has 1 atom stereocenters. The number of rotatable bonds is 13. The fourth-order valence-electron chi connectivity index (χ4n) is 3.83. The molecule has 2 rings (SSSR count). The van der Waals surface area contributed by atoms with Crippen molar-refractivity contribution in [3.05, 3.63) is 30.0 Å². The summed E-state index contributed by atoms with van der Waals surface area (Å²) < 4.78 is 12.9. The van der Waals surface area contributed by atoms with Crippen LogP contribution in [-0.4, -0.2) is 60.1 Å². The van der Waals surface area contributed by atoms with Crippen molar-refractivity contribution in [2.24, 2.45) is 11.8 Å². The maximum atomic E-state index is 13.2. The van der Waals surface area contributed by atoms with Crippen LogP contribution in [0.3, 0.4) is 0 Å². The van der Waals surface area contributed by atoms with Crippen molar-refractivity contribution >= 4 is 11.8 Å². The number of aromatic nitrogens is 2. The van der Waals surface area contributed by atoms with Gasteiger partial charge >= 0.3 is 0 Å². The Morgan fingerprint density at radius 1 is 1.09 bits per heavy atom. The molecule has 0 fully saturated rings. The molecular weight excluding hydrogens is 436 g/mol. The van der Waals surface area contributed by atoms with Crippen LogP contribution in [0, 0.1) is 11.8 Å². The zero-order chi connectivity index (χ0) is 25.3. The number of hydrogen-bond acceptors (Lipinski definition) is 6. The minimum Gasteiger partial charge on any atom is -0.496 e. The smallest absolute Gasteiger partial charge is 0.272 e. The lowest BCUT2D eigenvalue weighted by Crippen LogP contribution is -2.40. The number of ether oxygens (including phenoxy) is 2. The quantitative estimate of drug-likeness (QED) is 0.411. The van der Waals surface area contributed by atoms with Crippen molar-refractivity contribution in [1.82, 2.24) is 20.4 Å². The molecule has 188 valence electrons. The number of hydrogen-bond donors (Lipinski definition) is 3. The second-order valence-corrected chi connectivity index (χ2v) is 9.11. The van der Waals surface area contributed by atoms with E-state index in [-0.39, 0.29) is 49.0 Å². The van der Waals surface area contributed by atoms with Gasteiger partial charge in [-0.2, -0.15) is 5.10 Å². The Morgan fingerprint density at radius 3 is 2.26 bits per heavy atom. The first-order chi connectivity index (χ1) is 16.2. The van der Waals surface area contributed by atoms with E-state index in [0.29, 0.717) is 36.1 Å². The number of aliphatic hydroxyl groups is 1. The van der Waals surface area contributed by atoms with E-state index >= 15 is 0 Å². The number of carbonyl (C=O) groups is 2. The Morgan fingerprint density at radius 2 is 1.74 bits per heavy atom. The molecule has 34 heavy (non-hydrogen) atoms. The van der Waals surface area contributed by atoms with Gasteiger partial charge in [0.15, 0.2) is 5.69 Å². The van der Waals surface area contributed by atoms with E-state index in [1.807, 2.05) is 32.0 Å². The van der Waals surface area contributed by atoms with Gasteiger partial charge in [-0.3, -0.25) is 14.3 Å². The Bertz CT molecular complexity index is 933. The van der Waals surface area contributed by atoms with Crippen molar-refractivity contribution in [1.29, 1.82) is 0 Å². The molecule has 0 aliphatic rings. The van der Waals surface area contributed by atoms with Crippen LogP contribution in [0.1, 0.15) is 51.0 Å². The van der Waals surface area contributed by atoms with Crippen molar-refractivity contribution in [3.8, 4) is 22.8 Å². The molecule has 1 unspecified atom stereocenters. The third kappa shape index (κ3) is 7.48. The number of amides is 2. The third-order valence-corrected chi connectivity index (χ3v) is 5.19. The molecule has 0 saturated carbocycles. The Balaban J connectivity index is 2.39. The van der Waals surface area contributed by atoms with Gasteiger partial charge in [0.05, 0.1) is 32.1 Å². The van der Waals surface area contributed by atoms with Crippen LogP contribution in [0.15, 0.2) is 24.3 Å². The molecular formula is C25H38N4O5. The van der Waals surface area contributed by atoms with Gasteiger partial charge in [-0.1, -0.05) is 33.8 Å². The molecule has 2 amide bonds. The van der Waals surface area contributed by atoms with Crippen molar-refractivity contribution in [2.45, 2.75) is 53.1 Å². The highest BCUT2D eigenvalue weighted by molar-refractivity contribution is 5.94. The van der Waals surface area contributed by atoms with Gasteiger partial charge in [0.25, 0.3) is 5.91 Å². The minimum atomic E-state index is -0.356. The number of nitrogens with zero attached hydrogens (tertiary/aromatic N) is 2. The molecule has 2 aromatic rings.